The second-order valence-corrected chi connectivity index (χ2v) is 8.55. The highest BCUT2D eigenvalue weighted by molar-refractivity contribution is 9.08. The summed E-state index contributed by atoms with van der Waals surface area (Å²) in [6, 6.07) is 5.03. The predicted molar refractivity (Wildman–Crippen MR) is 107 cm³/mol. The summed E-state index contributed by atoms with van der Waals surface area (Å²) in [6.45, 7) is 10.2. The summed E-state index contributed by atoms with van der Waals surface area (Å²) in [5, 5.41) is 4.41. The first kappa shape index (κ1) is 21.9. The van der Waals surface area contributed by atoms with Crippen molar-refractivity contribution >= 4 is 33.9 Å². The Bertz CT molecular complexity index is 824. The molecule has 0 spiro atoms. The number of pyridine rings is 1. The van der Waals surface area contributed by atoms with Crippen LogP contribution in [0.15, 0.2) is 28.9 Å². The third-order valence-corrected chi connectivity index (χ3v) is 3.69. The van der Waals surface area contributed by atoms with Crippen molar-refractivity contribution in [3.8, 4) is 11.3 Å². The number of hydrogen-bond donors (Lipinski definition) is 0. The first-order valence-corrected chi connectivity index (χ1v) is 9.76. The van der Waals surface area contributed by atoms with Crippen molar-refractivity contribution < 1.29 is 23.6 Å². The van der Waals surface area contributed by atoms with E-state index in [0.717, 1.165) is 4.90 Å². The van der Waals surface area contributed by atoms with Gasteiger partial charge in [-0.05, 0) is 53.7 Å². The van der Waals surface area contributed by atoms with E-state index >= 15 is 0 Å². The van der Waals surface area contributed by atoms with Gasteiger partial charge in [-0.2, -0.15) is 4.90 Å². The van der Waals surface area contributed by atoms with Gasteiger partial charge in [0.15, 0.2) is 11.6 Å². The minimum atomic E-state index is -0.901. The molecule has 0 aliphatic heterocycles. The van der Waals surface area contributed by atoms with Gasteiger partial charge in [0.25, 0.3) is 0 Å². The number of ether oxygens (including phenoxy) is 2. The van der Waals surface area contributed by atoms with Crippen LogP contribution in [0.5, 0.6) is 0 Å². The zero-order valence-corrected chi connectivity index (χ0v) is 18.4. The zero-order chi connectivity index (χ0) is 21.1. The smallest absolute Gasteiger partial charge is 0.425 e. The summed E-state index contributed by atoms with van der Waals surface area (Å²) in [5.41, 5.74) is -0.576. The number of nitrogens with zero attached hydrogens (tertiary/aromatic N) is 3. The highest BCUT2D eigenvalue weighted by atomic mass is 79.9. The average molecular weight is 454 g/mol. The molecule has 0 aliphatic rings. The molecule has 0 atom stereocenters. The van der Waals surface area contributed by atoms with E-state index in [1.807, 2.05) is 0 Å². The van der Waals surface area contributed by atoms with Crippen LogP contribution in [0.25, 0.3) is 11.3 Å². The Balaban J connectivity index is 2.54. The monoisotopic (exact) mass is 453 g/mol. The second-order valence-electron chi connectivity index (χ2n) is 7.99. The van der Waals surface area contributed by atoms with Crippen molar-refractivity contribution in [1.29, 1.82) is 0 Å². The number of anilines is 1. The minimum Gasteiger partial charge on any atom is -0.443 e. The third-order valence-electron chi connectivity index (χ3n) is 3.11. The van der Waals surface area contributed by atoms with Gasteiger partial charge in [-0.1, -0.05) is 21.1 Å². The van der Waals surface area contributed by atoms with Gasteiger partial charge >= 0.3 is 12.2 Å². The van der Waals surface area contributed by atoms with Crippen molar-refractivity contribution in [1.82, 2.24) is 10.1 Å². The standard InChI is InChI=1S/C19H24BrN3O5/c1-18(2,3)26-16(24)23(17(25)27-19(4,5)6)15-13(8-7-9-21-15)14-10-12(11-20)22-28-14/h7-10H,11H2,1-6H3. The molecular formula is C19H24BrN3O5. The Kier molecular flexibility index (Phi) is 6.48. The van der Waals surface area contributed by atoms with E-state index in [-0.39, 0.29) is 5.82 Å². The minimum absolute atomic E-state index is 0.0308. The number of imide groups is 1. The summed E-state index contributed by atoms with van der Waals surface area (Å²) >= 11 is 3.31. The Morgan fingerprint density at radius 2 is 1.68 bits per heavy atom. The fourth-order valence-electron chi connectivity index (χ4n) is 2.13. The molecule has 2 heterocycles. The lowest BCUT2D eigenvalue weighted by Gasteiger charge is -2.28. The molecule has 0 saturated carbocycles. The van der Waals surface area contributed by atoms with Crippen LogP contribution < -0.4 is 4.90 Å². The molecule has 2 amide bonds. The summed E-state index contributed by atoms with van der Waals surface area (Å²) in [4.78, 5) is 30.7. The molecular weight excluding hydrogens is 430 g/mol. The van der Waals surface area contributed by atoms with Gasteiger partial charge in [0.1, 0.15) is 11.2 Å². The predicted octanol–water partition coefficient (Wildman–Crippen LogP) is 5.31. The maximum atomic E-state index is 12.8. The lowest BCUT2D eigenvalue weighted by atomic mass is 10.2. The molecule has 0 aromatic carbocycles. The van der Waals surface area contributed by atoms with Crippen molar-refractivity contribution in [2.45, 2.75) is 58.1 Å². The van der Waals surface area contributed by atoms with Crippen molar-refractivity contribution in [2.24, 2.45) is 0 Å². The molecule has 0 fully saturated rings. The van der Waals surface area contributed by atoms with Crippen LogP contribution in [0.4, 0.5) is 15.4 Å². The van der Waals surface area contributed by atoms with E-state index in [1.165, 1.54) is 6.20 Å². The van der Waals surface area contributed by atoms with Crippen molar-refractivity contribution in [3.63, 3.8) is 0 Å². The number of carbonyl (C=O) groups excluding carboxylic acids is 2. The topological polar surface area (TPSA) is 94.8 Å². The fourth-order valence-corrected chi connectivity index (χ4v) is 2.40. The maximum absolute atomic E-state index is 12.8. The van der Waals surface area contributed by atoms with Crippen LogP contribution in [-0.4, -0.2) is 33.5 Å². The summed E-state index contributed by atoms with van der Waals surface area (Å²) in [7, 11) is 0. The molecule has 0 aliphatic carbocycles. The average Bonchev–Trinajstić information content (AvgIpc) is 3.01. The number of hydrogen-bond acceptors (Lipinski definition) is 7. The summed E-state index contributed by atoms with van der Waals surface area (Å²) in [5.74, 6) is 0.387. The van der Waals surface area contributed by atoms with Crippen LogP contribution in [0.1, 0.15) is 47.2 Å². The van der Waals surface area contributed by atoms with E-state index in [1.54, 1.807) is 59.7 Å². The lowest BCUT2D eigenvalue weighted by molar-refractivity contribution is 0.0429. The Morgan fingerprint density at radius 3 is 2.14 bits per heavy atom. The van der Waals surface area contributed by atoms with Crippen LogP contribution in [0.3, 0.4) is 0 Å². The maximum Gasteiger partial charge on any atom is 0.425 e. The first-order valence-electron chi connectivity index (χ1n) is 8.64. The van der Waals surface area contributed by atoms with Crippen LogP contribution in [0.2, 0.25) is 0 Å². The van der Waals surface area contributed by atoms with Crippen molar-refractivity contribution in [2.75, 3.05) is 4.90 Å². The van der Waals surface area contributed by atoms with E-state index in [9.17, 15) is 9.59 Å². The van der Waals surface area contributed by atoms with Gasteiger partial charge in [-0.25, -0.2) is 14.6 Å². The highest BCUT2D eigenvalue weighted by Crippen LogP contribution is 2.31. The quantitative estimate of drug-likeness (QED) is 0.580. The molecule has 2 aromatic heterocycles. The van der Waals surface area contributed by atoms with E-state index in [0.29, 0.717) is 22.3 Å². The highest BCUT2D eigenvalue weighted by Gasteiger charge is 2.35. The number of amides is 2. The van der Waals surface area contributed by atoms with E-state index < -0.39 is 23.4 Å². The number of halogens is 1. The van der Waals surface area contributed by atoms with Crippen LogP contribution >= 0.6 is 15.9 Å². The Hall–Kier alpha value is -2.42. The van der Waals surface area contributed by atoms with Gasteiger partial charge in [-0.3, -0.25) is 0 Å². The normalized spacial score (nSPS) is 11.8. The third kappa shape index (κ3) is 5.79. The molecule has 28 heavy (non-hydrogen) atoms. The zero-order valence-electron chi connectivity index (χ0n) is 16.8. The molecule has 0 saturated heterocycles. The molecule has 152 valence electrons. The van der Waals surface area contributed by atoms with Gasteiger partial charge in [0.05, 0.1) is 11.3 Å². The molecule has 9 heteroatoms. The van der Waals surface area contributed by atoms with Gasteiger partial charge < -0.3 is 14.0 Å². The SMILES string of the molecule is CC(C)(C)OC(=O)N(C(=O)OC(C)(C)C)c1ncccc1-c1cc(CBr)no1. The van der Waals surface area contributed by atoms with Gasteiger partial charge in [0, 0.05) is 17.6 Å². The fraction of sp³-hybridized carbons (Fsp3) is 0.474. The van der Waals surface area contributed by atoms with Crippen LogP contribution in [0, 0.1) is 0 Å². The lowest BCUT2D eigenvalue weighted by Crippen LogP contribution is -2.44. The number of rotatable bonds is 3. The van der Waals surface area contributed by atoms with E-state index in [2.05, 4.69) is 26.1 Å². The Labute approximate surface area is 172 Å². The first-order chi connectivity index (χ1) is 12.9. The molecule has 8 nitrogen and oxygen atoms in total. The largest absolute Gasteiger partial charge is 0.443 e. The van der Waals surface area contributed by atoms with Crippen LogP contribution in [-0.2, 0) is 14.8 Å². The molecule has 0 N–H and O–H groups in total. The molecule has 0 radical (unpaired) electrons. The molecule has 0 bridgehead atoms. The second kappa shape index (κ2) is 8.30. The number of aromatic nitrogens is 2. The number of carbonyl (C=O) groups is 2. The Morgan fingerprint density at radius 1 is 1.11 bits per heavy atom. The number of alkyl halides is 1. The molecule has 2 aromatic rings. The summed E-state index contributed by atoms with van der Waals surface area (Å²) < 4.78 is 16.1. The van der Waals surface area contributed by atoms with E-state index in [4.69, 9.17) is 14.0 Å². The molecule has 0 unspecified atom stereocenters. The molecule has 2 rings (SSSR count). The van der Waals surface area contributed by atoms with Gasteiger partial charge in [0.2, 0.25) is 0 Å². The van der Waals surface area contributed by atoms with Crippen molar-refractivity contribution in [3.05, 3.63) is 30.1 Å². The van der Waals surface area contributed by atoms with Gasteiger partial charge in [-0.15, -0.1) is 0 Å². The summed E-state index contributed by atoms with van der Waals surface area (Å²) in [6.07, 6.45) is -0.341.